The third-order valence-corrected chi connectivity index (χ3v) is 6.78. The minimum absolute atomic E-state index is 0.0687. The topological polar surface area (TPSA) is 23.6 Å². The van der Waals surface area contributed by atoms with Gasteiger partial charge >= 0.3 is 0 Å². The van der Waals surface area contributed by atoms with E-state index in [1.807, 2.05) is 17.9 Å². The van der Waals surface area contributed by atoms with Crippen LogP contribution < -0.4 is 0 Å². The fraction of sp³-hybridized carbons (Fsp3) is 0.526. The number of fused-ring (bicyclic) bond motifs is 1. The van der Waals surface area contributed by atoms with Crippen molar-refractivity contribution in [2.45, 2.75) is 38.6 Å². The van der Waals surface area contributed by atoms with Crippen LogP contribution in [0.15, 0.2) is 18.2 Å². The maximum absolute atomic E-state index is 14.1. The van der Waals surface area contributed by atoms with Gasteiger partial charge in [0, 0.05) is 42.3 Å². The first-order valence-corrected chi connectivity index (χ1v) is 9.68. The Kier molecular flexibility index (Phi) is 4.31. The van der Waals surface area contributed by atoms with Crippen LogP contribution in [0, 0.1) is 12.7 Å². The van der Waals surface area contributed by atoms with E-state index in [-0.39, 0.29) is 11.7 Å². The molecule has 1 aliphatic carbocycles. The largest absolute Gasteiger partial charge is 0.335 e. The van der Waals surface area contributed by atoms with Crippen molar-refractivity contribution in [3.05, 3.63) is 34.5 Å². The van der Waals surface area contributed by atoms with Gasteiger partial charge in [-0.1, -0.05) is 18.9 Å². The molecule has 0 bridgehead atoms. The Bertz CT molecular complexity index is 758. The Morgan fingerprint density at radius 2 is 1.88 bits per heavy atom. The molecule has 2 heterocycles. The van der Waals surface area contributed by atoms with Crippen molar-refractivity contribution in [1.29, 1.82) is 0 Å². The van der Waals surface area contributed by atoms with Crippen LogP contribution in [0.25, 0.3) is 10.1 Å². The van der Waals surface area contributed by atoms with E-state index < -0.39 is 0 Å². The van der Waals surface area contributed by atoms with Crippen LogP contribution in [0.2, 0.25) is 0 Å². The van der Waals surface area contributed by atoms with Crippen molar-refractivity contribution >= 4 is 27.3 Å². The lowest BCUT2D eigenvalue weighted by atomic mass is 10.1. The molecule has 0 atom stereocenters. The second-order valence-electron chi connectivity index (χ2n) is 6.94. The minimum Gasteiger partial charge on any atom is -0.335 e. The van der Waals surface area contributed by atoms with E-state index in [4.69, 9.17) is 0 Å². The third-order valence-electron chi connectivity index (χ3n) is 5.54. The van der Waals surface area contributed by atoms with Crippen molar-refractivity contribution in [2.75, 3.05) is 26.2 Å². The highest BCUT2D eigenvalue weighted by Crippen LogP contribution is 2.33. The van der Waals surface area contributed by atoms with Gasteiger partial charge in [-0.05, 0) is 37.5 Å². The molecule has 4 rings (SSSR count). The molecular formula is C19H23FN2OS. The molecule has 2 fully saturated rings. The molecule has 2 aromatic rings. The number of piperazine rings is 1. The maximum Gasteiger partial charge on any atom is 0.264 e. The molecule has 0 spiro atoms. The monoisotopic (exact) mass is 346 g/mol. The Morgan fingerprint density at radius 3 is 2.54 bits per heavy atom. The first-order valence-electron chi connectivity index (χ1n) is 8.86. The van der Waals surface area contributed by atoms with Crippen LogP contribution in [0.4, 0.5) is 4.39 Å². The molecule has 3 nitrogen and oxygen atoms in total. The lowest BCUT2D eigenvalue weighted by Crippen LogP contribution is -2.51. The van der Waals surface area contributed by atoms with Crippen LogP contribution in [-0.4, -0.2) is 47.9 Å². The number of amides is 1. The van der Waals surface area contributed by atoms with Crippen molar-refractivity contribution in [3.8, 4) is 0 Å². The quantitative estimate of drug-likeness (QED) is 0.819. The summed E-state index contributed by atoms with van der Waals surface area (Å²) >= 11 is 1.42. The summed E-state index contributed by atoms with van der Waals surface area (Å²) in [4.78, 5) is 18.1. The van der Waals surface area contributed by atoms with E-state index in [0.29, 0.717) is 10.3 Å². The molecule has 0 N–H and O–H groups in total. The second kappa shape index (κ2) is 6.45. The molecule has 128 valence electrons. The van der Waals surface area contributed by atoms with Gasteiger partial charge in [-0.2, -0.15) is 0 Å². The Balaban J connectivity index is 1.50. The lowest BCUT2D eigenvalue weighted by Gasteiger charge is -2.38. The summed E-state index contributed by atoms with van der Waals surface area (Å²) in [5.41, 5.74) is 0.788. The summed E-state index contributed by atoms with van der Waals surface area (Å²) in [6.07, 6.45) is 5.30. The van der Waals surface area contributed by atoms with Gasteiger partial charge in [0.15, 0.2) is 0 Å². The number of nitrogens with zero attached hydrogens (tertiary/aromatic N) is 2. The molecule has 5 heteroatoms. The molecule has 24 heavy (non-hydrogen) atoms. The summed E-state index contributed by atoms with van der Waals surface area (Å²) in [5.74, 6) is -0.162. The van der Waals surface area contributed by atoms with Crippen LogP contribution in [0.3, 0.4) is 0 Å². The number of hydrogen-bond acceptors (Lipinski definition) is 3. The Labute approximate surface area is 146 Å². The van der Waals surface area contributed by atoms with E-state index in [1.54, 1.807) is 6.07 Å². The molecule has 1 saturated heterocycles. The van der Waals surface area contributed by atoms with E-state index in [0.717, 1.165) is 42.5 Å². The third kappa shape index (κ3) is 2.74. The fourth-order valence-electron chi connectivity index (χ4n) is 4.16. The molecule has 1 aromatic carbocycles. The molecule has 1 aliphatic heterocycles. The van der Waals surface area contributed by atoms with Crippen LogP contribution >= 0.6 is 11.3 Å². The molecule has 0 radical (unpaired) electrons. The highest BCUT2D eigenvalue weighted by Gasteiger charge is 2.29. The number of carbonyl (C=O) groups is 1. The van der Waals surface area contributed by atoms with Crippen molar-refractivity contribution < 1.29 is 9.18 Å². The van der Waals surface area contributed by atoms with E-state index >= 15 is 0 Å². The smallest absolute Gasteiger partial charge is 0.264 e. The number of hydrogen-bond donors (Lipinski definition) is 0. The summed E-state index contributed by atoms with van der Waals surface area (Å²) < 4.78 is 14.9. The predicted octanol–water partition coefficient (Wildman–Crippen LogP) is 4.05. The first kappa shape index (κ1) is 16.0. The Hall–Kier alpha value is -1.46. The molecular weight excluding hydrogens is 323 g/mol. The summed E-state index contributed by atoms with van der Waals surface area (Å²) in [7, 11) is 0. The van der Waals surface area contributed by atoms with Gasteiger partial charge in [-0.3, -0.25) is 9.69 Å². The number of benzene rings is 1. The van der Waals surface area contributed by atoms with Gasteiger partial charge in [0.1, 0.15) is 5.82 Å². The molecule has 2 aliphatic rings. The van der Waals surface area contributed by atoms with Crippen LogP contribution in [0.5, 0.6) is 0 Å². The summed E-state index contributed by atoms with van der Waals surface area (Å²) in [5, 5.41) is 0.607. The standard InChI is InChI=1S/C19H23FN2OS/c1-13-17-15(20)7-4-8-16(17)24-18(13)19(23)22-11-9-21(10-12-22)14-5-2-3-6-14/h4,7-8,14H,2-3,5-6,9-12H2,1H3. The van der Waals surface area contributed by atoms with Crippen molar-refractivity contribution in [1.82, 2.24) is 9.80 Å². The molecule has 0 unspecified atom stereocenters. The van der Waals surface area contributed by atoms with Crippen LogP contribution in [0.1, 0.15) is 40.9 Å². The van der Waals surface area contributed by atoms with Gasteiger partial charge in [-0.25, -0.2) is 4.39 Å². The van der Waals surface area contributed by atoms with E-state index in [9.17, 15) is 9.18 Å². The van der Waals surface area contributed by atoms with Crippen molar-refractivity contribution in [3.63, 3.8) is 0 Å². The fourth-order valence-corrected chi connectivity index (χ4v) is 5.35. The average molecular weight is 346 g/mol. The number of thiophene rings is 1. The zero-order chi connectivity index (χ0) is 16.7. The maximum atomic E-state index is 14.1. The first-order chi connectivity index (χ1) is 11.6. The molecule has 1 aromatic heterocycles. The Morgan fingerprint density at radius 1 is 1.17 bits per heavy atom. The molecule has 1 saturated carbocycles. The van der Waals surface area contributed by atoms with Crippen LogP contribution in [-0.2, 0) is 0 Å². The normalized spacial score (nSPS) is 20.2. The van der Waals surface area contributed by atoms with E-state index in [2.05, 4.69) is 4.90 Å². The minimum atomic E-state index is -0.230. The van der Waals surface area contributed by atoms with Gasteiger partial charge in [0.25, 0.3) is 5.91 Å². The number of rotatable bonds is 2. The average Bonchev–Trinajstić information content (AvgIpc) is 3.23. The molecule has 1 amide bonds. The SMILES string of the molecule is Cc1c(C(=O)N2CCN(C3CCCC3)CC2)sc2cccc(F)c12. The van der Waals surface area contributed by atoms with Gasteiger partial charge in [-0.15, -0.1) is 11.3 Å². The zero-order valence-electron chi connectivity index (χ0n) is 14.1. The number of carbonyl (C=O) groups excluding carboxylic acids is 1. The highest BCUT2D eigenvalue weighted by atomic mass is 32.1. The number of halogens is 1. The van der Waals surface area contributed by atoms with E-state index in [1.165, 1.54) is 43.1 Å². The zero-order valence-corrected chi connectivity index (χ0v) is 14.9. The van der Waals surface area contributed by atoms with Gasteiger partial charge < -0.3 is 4.90 Å². The van der Waals surface area contributed by atoms with Gasteiger partial charge in [0.05, 0.1) is 4.88 Å². The second-order valence-corrected chi connectivity index (χ2v) is 7.99. The summed E-state index contributed by atoms with van der Waals surface area (Å²) in [6.45, 7) is 5.37. The van der Waals surface area contributed by atoms with Gasteiger partial charge in [0.2, 0.25) is 0 Å². The summed E-state index contributed by atoms with van der Waals surface area (Å²) in [6, 6.07) is 5.80. The lowest BCUT2D eigenvalue weighted by molar-refractivity contribution is 0.0577. The number of aryl methyl sites for hydroxylation is 1. The predicted molar refractivity (Wildman–Crippen MR) is 96.3 cm³/mol. The highest BCUT2D eigenvalue weighted by molar-refractivity contribution is 7.21. The van der Waals surface area contributed by atoms with Crippen molar-refractivity contribution in [2.24, 2.45) is 0 Å².